The molecule has 3 aliphatic heterocycles. The number of thioether (sulfide) groups is 1. The number of aliphatic hydroxyl groups is 1. The predicted molar refractivity (Wildman–Crippen MR) is 161 cm³/mol. The lowest BCUT2D eigenvalue weighted by molar-refractivity contribution is -0.155. The first-order valence-electron chi connectivity index (χ1n) is 14.7. The van der Waals surface area contributed by atoms with E-state index >= 15 is 0 Å². The average Bonchev–Trinajstić information content (AvgIpc) is 3.51. The number of aliphatic hydroxyl groups excluding tert-OH is 1. The van der Waals surface area contributed by atoms with Crippen LogP contribution in [-0.2, 0) is 19.1 Å². The standard InChI is InChI=1S/C30H47BrN2O5S/c1-6-10-12-14-17-38-29(37)23-24-27(35)33(22(19-34)20(5)9-4)26(30(24)18-21(31)25(23)39-30)28(36)32(15-8-3)16-13-11-7-2/h6,8,20-26,34H,1,3,7,9-19H2,2,4-5H3/t20-,21?,22-,23+,24-,25+,26?,30?/m0/s1. The van der Waals surface area contributed by atoms with Gasteiger partial charge in [0.2, 0.25) is 11.8 Å². The summed E-state index contributed by atoms with van der Waals surface area (Å²) in [7, 11) is 0. The number of ether oxygens (including phenoxy) is 1. The van der Waals surface area contributed by atoms with Crippen molar-refractivity contribution in [2.75, 3.05) is 26.3 Å². The van der Waals surface area contributed by atoms with Crippen molar-refractivity contribution in [3.63, 3.8) is 0 Å². The summed E-state index contributed by atoms with van der Waals surface area (Å²) in [6, 6.07) is -1.25. The van der Waals surface area contributed by atoms with Gasteiger partial charge in [-0.1, -0.05) is 68.1 Å². The molecule has 3 saturated heterocycles. The molecule has 3 aliphatic rings. The largest absolute Gasteiger partial charge is 0.465 e. The minimum Gasteiger partial charge on any atom is -0.465 e. The van der Waals surface area contributed by atoms with Gasteiger partial charge >= 0.3 is 5.97 Å². The number of unbranched alkanes of at least 4 members (excludes halogenated alkanes) is 4. The highest BCUT2D eigenvalue weighted by molar-refractivity contribution is 9.09. The topological polar surface area (TPSA) is 87.2 Å². The normalized spacial score (nSPS) is 30.6. The molecular weight excluding hydrogens is 580 g/mol. The SMILES string of the molecule is C=CCCCCOC(=O)[C@H]1[C@@H]2SC3(CC2Br)C(C(=O)N(CC=C)CCCCC)N([C@@H](CO)[C@@H](C)CC)C(=O)[C@H]13. The first-order chi connectivity index (χ1) is 18.7. The fourth-order valence-corrected chi connectivity index (χ4v) is 10.2. The van der Waals surface area contributed by atoms with E-state index in [1.807, 2.05) is 24.8 Å². The number of hydrogen-bond donors (Lipinski definition) is 1. The molecular formula is C30H47BrN2O5S. The van der Waals surface area contributed by atoms with Crippen molar-refractivity contribution in [1.82, 2.24) is 9.80 Å². The van der Waals surface area contributed by atoms with Gasteiger partial charge in [-0.2, -0.15) is 0 Å². The van der Waals surface area contributed by atoms with Gasteiger partial charge in [-0.15, -0.1) is 24.9 Å². The summed E-state index contributed by atoms with van der Waals surface area (Å²) in [5.74, 6) is -1.91. The molecule has 0 saturated carbocycles. The maximum atomic E-state index is 14.4. The molecule has 1 spiro atoms. The summed E-state index contributed by atoms with van der Waals surface area (Å²) in [5, 5.41) is 10.4. The van der Waals surface area contributed by atoms with E-state index in [0.29, 0.717) is 26.1 Å². The Hall–Kier alpha value is -1.32. The Bertz CT molecular complexity index is 903. The molecule has 0 aromatic heterocycles. The van der Waals surface area contributed by atoms with Gasteiger partial charge in [0.15, 0.2) is 0 Å². The van der Waals surface area contributed by atoms with Crippen molar-refractivity contribution in [3.05, 3.63) is 25.3 Å². The molecule has 3 fully saturated rings. The van der Waals surface area contributed by atoms with Crippen LogP contribution in [0.5, 0.6) is 0 Å². The van der Waals surface area contributed by atoms with Crippen LogP contribution >= 0.6 is 27.7 Å². The maximum Gasteiger partial charge on any atom is 0.310 e. The molecule has 39 heavy (non-hydrogen) atoms. The van der Waals surface area contributed by atoms with Crippen molar-refractivity contribution < 1.29 is 24.2 Å². The van der Waals surface area contributed by atoms with Crippen LogP contribution < -0.4 is 0 Å². The second-order valence-corrected chi connectivity index (χ2v) is 14.0. The van der Waals surface area contributed by atoms with Gasteiger partial charge in [0.05, 0.1) is 35.8 Å². The lowest BCUT2D eigenvalue weighted by Gasteiger charge is -2.41. The first kappa shape index (κ1) is 32.2. The van der Waals surface area contributed by atoms with E-state index in [9.17, 15) is 19.5 Å². The molecule has 0 aromatic carbocycles. The summed E-state index contributed by atoms with van der Waals surface area (Å²) < 4.78 is 4.98. The Labute approximate surface area is 247 Å². The fraction of sp³-hybridized carbons (Fsp3) is 0.767. The maximum absolute atomic E-state index is 14.4. The summed E-state index contributed by atoms with van der Waals surface area (Å²) in [6.07, 6.45) is 10.4. The molecule has 220 valence electrons. The predicted octanol–water partition coefficient (Wildman–Crippen LogP) is 4.96. The highest BCUT2D eigenvalue weighted by Gasteiger charge is 2.76. The van der Waals surface area contributed by atoms with Crippen molar-refractivity contribution >= 4 is 45.5 Å². The molecule has 2 bridgehead atoms. The Balaban J connectivity index is 2.00. The molecule has 8 atom stereocenters. The van der Waals surface area contributed by atoms with Gasteiger partial charge in [0.1, 0.15) is 6.04 Å². The second-order valence-electron chi connectivity index (χ2n) is 11.3. The lowest BCUT2D eigenvalue weighted by atomic mass is 9.71. The number of alkyl halides is 1. The van der Waals surface area contributed by atoms with Gasteiger partial charge in [0, 0.05) is 23.2 Å². The Morgan fingerprint density at radius 1 is 1.26 bits per heavy atom. The summed E-state index contributed by atoms with van der Waals surface area (Å²) in [6.45, 7) is 14.8. The van der Waals surface area contributed by atoms with Crippen LogP contribution in [0.15, 0.2) is 25.3 Å². The minimum atomic E-state index is -0.747. The van der Waals surface area contributed by atoms with Gasteiger partial charge < -0.3 is 19.6 Å². The molecule has 3 rings (SSSR count). The number of carbonyl (C=O) groups excluding carboxylic acids is 3. The molecule has 3 heterocycles. The van der Waals surface area contributed by atoms with Crippen LogP contribution in [0.2, 0.25) is 0 Å². The zero-order chi connectivity index (χ0) is 28.7. The quantitative estimate of drug-likeness (QED) is 0.106. The number of fused-ring (bicyclic) bond motifs is 1. The van der Waals surface area contributed by atoms with Crippen LogP contribution in [0.1, 0.15) is 72.1 Å². The number of rotatable bonds is 17. The van der Waals surface area contributed by atoms with E-state index in [4.69, 9.17) is 4.74 Å². The summed E-state index contributed by atoms with van der Waals surface area (Å²) >= 11 is 5.43. The third-order valence-corrected chi connectivity index (χ3v) is 12.0. The van der Waals surface area contributed by atoms with E-state index in [-0.39, 0.29) is 40.4 Å². The third-order valence-electron chi connectivity index (χ3n) is 8.82. The number of amides is 2. The van der Waals surface area contributed by atoms with Crippen molar-refractivity contribution in [1.29, 1.82) is 0 Å². The highest BCUT2D eigenvalue weighted by atomic mass is 79.9. The zero-order valence-corrected chi connectivity index (χ0v) is 26.3. The number of likely N-dealkylation sites (tertiary alicyclic amines) is 1. The van der Waals surface area contributed by atoms with Crippen molar-refractivity contribution in [2.45, 2.75) is 99.0 Å². The van der Waals surface area contributed by atoms with E-state index in [1.54, 1.807) is 22.7 Å². The molecule has 7 nitrogen and oxygen atoms in total. The molecule has 0 aromatic rings. The van der Waals surface area contributed by atoms with E-state index in [1.165, 1.54) is 0 Å². The van der Waals surface area contributed by atoms with Crippen LogP contribution in [0.25, 0.3) is 0 Å². The van der Waals surface area contributed by atoms with Gasteiger partial charge in [-0.05, 0) is 38.0 Å². The molecule has 3 unspecified atom stereocenters. The van der Waals surface area contributed by atoms with Crippen molar-refractivity contribution in [2.24, 2.45) is 17.8 Å². The molecule has 1 N–H and O–H groups in total. The number of hydrogen-bond acceptors (Lipinski definition) is 6. The monoisotopic (exact) mass is 626 g/mol. The first-order valence-corrected chi connectivity index (χ1v) is 16.5. The fourth-order valence-electron chi connectivity index (χ4n) is 6.62. The van der Waals surface area contributed by atoms with Gasteiger partial charge in [0.25, 0.3) is 0 Å². The van der Waals surface area contributed by atoms with Crippen LogP contribution in [-0.4, -0.2) is 85.9 Å². The van der Waals surface area contributed by atoms with Crippen LogP contribution in [0.4, 0.5) is 0 Å². The number of nitrogens with zero attached hydrogens (tertiary/aromatic N) is 2. The van der Waals surface area contributed by atoms with Crippen molar-refractivity contribution in [3.8, 4) is 0 Å². The zero-order valence-electron chi connectivity index (χ0n) is 23.9. The number of allylic oxidation sites excluding steroid dienone is 1. The third kappa shape index (κ3) is 6.30. The number of halogens is 1. The number of esters is 1. The Kier molecular flexibility index (Phi) is 12.0. The Morgan fingerprint density at radius 2 is 2.00 bits per heavy atom. The van der Waals surface area contributed by atoms with Crippen LogP contribution in [0, 0.1) is 17.8 Å². The van der Waals surface area contributed by atoms with E-state index < -0.39 is 28.7 Å². The van der Waals surface area contributed by atoms with E-state index in [2.05, 4.69) is 36.0 Å². The van der Waals surface area contributed by atoms with Gasteiger partial charge in [-0.3, -0.25) is 14.4 Å². The minimum absolute atomic E-state index is 0.00495. The van der Waals surface area contributed by atoms with Gasteiger partial charge in [-0.25, -0.2) is 0 Å². The summed E-state index contributed by atoms with van der Waals surface area (Å²) in [5.41, 5.74) is 0. The molecule has 9 heteroatoms. The Morgan fingerprint density at radius 3 is 2.62 bits per heavy atom. The molecule has 0 aliphatic carbocycles. The van der Waals surface area contributed by atoms with E-state index in [0.717, 1.165) is 44.9 Å². The number of carbonyl (C=O) groups is 3. The second kappa shape index (κ2) is 14.5. The molecule has 0 radical (unpaired) electrons. The molecule has 2 amide bonds. The summed E-state index contributed by atoms with van der Waals surface area (Å²) in [4.78, 5) is 45.8. The lowest BCUT2D eigenvalue weighted by Crippen LogP contribution is -2.59. The van der Waals surface area contributed by atoms with Crippen LogP contribution in [0.3, 0.4) is 0 Å². The smallest absolute Gasteiger partial charge is 0.310 e. The highest BCUT2D eigenvalue weighted by Crippen LogP contribution is 2.68. The average molecular weight is 628 g/mol.